The van der Waals surface area contributed by atoms with Gasteiger partial charge >= 0.3 is 0 Å². The van der Waals surface area contributed by atoms with E-state index in [1.54, 1.807) is 0 Å². The third-order valence-corrected chi connectivity index (χ3v) is 31.9. The molecule has 0 spiro atoms. The standard InChI is InChI=1S/C45H33N3O2.C45H35N3O.C39H31N3O/c1-44(2)34-18-10-8-15-28(34)31-25-39-33(24-35(31)45(44,3)4)32-23-27(21-22-37(32)50-39)42-46-41(26-13-6-5-7-14-26)47-43(48-42)30-17-12-20-38-40(30)29-16-9-11-19-36(29)49-38;1-44(2)37-18-12-11-17-33(37)34-27-40-36(26-38(34)45(44,3)4)35-25-32(23-24-39(35)49-40)28-19-21-31(22-20-28)43-47-41(29-13-7-5-8-14-29)46-42(48-43)30-15-9-6-10-16-30;1-38(2)31-18-12-11-17-27(31)28-23-34-30(22-32(28)39(38,3)4)29-21-26(19-20-33(29)43-34)37-41-35(24-13-7-5-8-14-24)40-36(42-37)25-15-9-6-10-16-25/h5-25H,1-4H3;5-27H,1-4H3;5-23H,1-4H3. The maximum absolute atomic E-state index is 6.55. The van der Waals surface area contributed by atoms with Gasteiger partial charge < -0.3 is 17.7 Å². The highest BCUT2D eigenvalue weighted by Gasteiger charge is 2.49. The van der Waals surface area contributed by atoms with Crippen molar-refractivity contribution in [2.24, 2.45) is 0 Å². The molecule has 0 amide bonds. The molecule has 0 atom stereocenters. The second kappa shape index (κ2) is 32.8. The fraction of sp³-hybridized carbons (Fsp3) is 0.140. The van der Waals surface area contributed by atoms with Crippen molar-refractivity contribution < 1.29 is 17.7 Å². The number of para-hydroxylation sites is 1. The van der Waals surface area contributed by atoms with Crippen LogP contribution in [0.15, 0.2) is 400 Å². The van der Waals surface area contributed by atoms with E-state index in [2.05, 4.69) is 265 Å². The van der Waals surface area contributed by atoms with Gasteiger partial charge in [0.1, 0.15) is 44.7 Å². The first-order chi connectivity index (χ1) is 68.9. The predicted molar refractivity (Wildman–Crippen MR) is 577 cm³/mol. The highest BCUT2D eigenvalue weighted by molar-refractivity contribution is 6.14. The Morgan fingerprint density at radius 3 is 0.725 bits per heavy atom. The van der Waals surface area contributed by atoms with Gasteiger partial charge in [0.15, 0.2) is 52.4 Å². The third kappa shape index (κ3) is 14.0. The van der Waals surface area contributed by atoms with Crippen LogP contribution in [0.4, 0.5) is 0 Å². The number of aromatic nitrogens is 9. The number of hydrogen-bond acceptors (Lipinski definition) is 13. The summed E-state index contributed by atoms with van der Waals surface area (Å²) in [6.07, 6.45) is 0. The molecule has 0 unspecified atom stereocenters. The van der Waals surface area contributed by atoms with Crippen LogP contribution in [0.25, 0.3) is 235 Å². The van der Waals surface area contributed by atoms with Crippen molar-refractivity contribution >= 4 is 87.8 Å². The average molecular weight is 1840 g/mol. The molecule has 0 bridgehead atoms. The Labute approximate surface area is 822 Å². The van der Waals surface area contributed by atoms with Gasteiger partial charge in [0.2, 0.25) is 0 Å². The van der Waals surface area contributed by atoms with E-state index in [1.807, 2.05) is 200 Å². The van der Waals surface area contributed by atoms with Gasteiger partial charge in [-0.25, -0.2) is 44.9 Å². The van der Waals surface area contributed by atoms with Crippen molar-refractivity contribution in [1.82, 2.24) is 44.9 Å². The predicted octanol–water partition coefficient (Wildman–Crippen LogP) is 33.6. The number of fused-ring (bicyclic) bond motifs is 21. The fourth-order valence-corrected chi connectivity index (χ4v) is 21.9. The average Bonchev–Trinajstić information content (AvgIpc) is 1.40. The normalized spacial score (nSPS) is 14.7. The summed E-state index contributed by atoms with van der Waals surface area (Å²) in [6, 6.07) is 132. The first-order valence-corrected chi connectivity index (χ1v) is 48.8. The summed E-state index contributed by atoms with van der Waals surface area (Å²) in [5.41, 5.74) is 33.0. The highest BCUT2D eigenvalue weighted by Crippen LogP contribution is 2.59. The van der Waals surface area contributed by atoms with Gasteiger partial charge in [0.05, 0.1) is 0 Å². The van der Waals surface area contributed by atoms with E-state index >= 15 is 0 Å². The van der Waals surface area contributed by atoms with Gasteiger partial charge in [-0.15, -0.1) is 0 Å². The van der Waals surface area contributed by atoms with Crippen LogP contribution in [0.1, 0.15) is 116 Å². The molecule has 7 heterocycles. The molecule has 3 aliphatic carbocycles. The topological polar surface area (TPSA) is 169 Å². The highest BCUT2D eigenvalue weighted by atomic mass is 16.3. The SMILES string of the molecule is CC1(C)c2ccccc2-c2cc3oc4ccc(-c5ccc(-c6nc(-c7ccccc7)nc(-c7ccccc7)n6)cc5)cc4c3cc2C1(C)C.CC1(C)c2ccccc2-c2cc3oc4ccc(-c5nc(-c6ccccc6)nc(-c6cccc7oc8ccccc8c67)n5)cc4c3cc2C1(C)C.CC1(C)c2ccccc2-c2cc3oc4ccc(-c5nc(-c6ccccc6)nc(-c6ccccc6)n5)cc4c3cc2C1(C)C. The molecule has 0 fully saturated rings. The molecule has 142 heavy (non-hydrogen) atoms. The van der Waals surface area contributed by atoms with Gasteiger partial charge in [-0.3, -0.25) is 0 Å². The monoisotopic (exact) mass is 1840 g/mol. The van der Waals surface area contributed by atoms with Crippen LogP contribution >= 0.6 is 0 Å². The molecular weight excluding hydrogens is 1740 g/mol. The van der Waals surface area contributed by atoms with Crippen molar-refractivity contribution in [2.45, 2.75) is 116 Å². The third-order valence-electron chi connectivity index (χ3n) is 31.9. The summed E-state index contributed by atoms with van der Waals surface area (Å²) in [5.74, 6) is 5.71. The molecule has 684 valence electrons. The van der Waals surface area contributed by atoms with Crippen molar-refractivity contribution in [1.29, 1.82) is 0 Å². The molecule has 27 rings (SSSR count). The van der Waals surface area contributed by atoms with E-state index in [-0.39, 0.29) is 32.5 Å². The van der Waals surface area contributed by atoms with Gasteiger partial charge in [-0.05, 0) is 207 Å². The molecule has 13 nitrogen and oxygen atoms in total. The first-order valence-electron chi connectivity index (χ1n) is 48.8. The van der Waals surface area contributed by atoms with Crippen LogP contribution in [-0.4, -0.2) is 44.9 Å². The maximum atomic E-state index is 6.55. The quantitative estimate of drug-likeness (QED) is 0.127. The van der Waals surface area contributed by atoms with E-state index in [0.29, 0.717) is 52.4 Å². The molecule has 3 aliphatic rings. The Bertz CT molecular complexity index is 9090. The van der Waals surface area contributed by atoms with E-state index in [1.165, 1.54) is 66.8 Å². The second-order valence-corrected chi connectivity index (χ2v) is 41.1. The smallest absolute Gasteiger partial charge is 0.164 e. The number of furan rings is 4. The number of nitrogens with zero attached hydrogens (tertiary/aromatic N) is 9. The summed E-state index contributed by atoms with van der Waals surface area (Å²) in [6.45, 7) is 28.4. The minimum Gasteiger partial charge on any atom is -0.456 e. The minimum absolute atomic E-state index is 0.0288. The van der Waals surface area contributed by atoms with Crippen molar-refractivity contribution in [3.8, 4) is 147 Å². The molecule has 17 aromatic carbocycles. The van der Waals surface area contributed by atoms with Crippen LogP contribution in [-0.2, 0) is 32.5 Å². The molecule has 0 aliphatic heterocycles. The lowest BCUT2D eigenvalue weighted by atomic mass is 9.55. The van der Waals surface area contributed by atoms with E-state index in [9.17, 15) is 0 Å². The minimum atomic E-state index is -0.113. The molecule has 0 saturated heterocycles. The summed E-state index contributed by atoms with van der Waals surface area (Å²) in [7, 11) is 0. The Morgan fingerprint density at radius 1 is 0.141 bits per heavy atom. The van der Waals surface area contributed by atoms with Crippen LogP contribution in [0.2, 0.25) is 0 Å². The van der Waals surface area contributed by atoms with Crippen LogP contribution in [0, 0.1) is 0 Å². The molecule has 0 saturated carbocycles. The zero-order chi connectivity index (χ0) is 96.5. The zero-order valence-electron chi connectivity index (χ0n) is 81.0. The second-order valence-electron chi connectivity index (χ2n) is 41.1. The fourth-order valence-electron chi connectivity index (χ4n) is 21.9. The van der Waals surface area contributed by atoms with E-state index < -0.39 is 0 Å². The molecule has 13 heteroatoms. The largest absolute Gasteiger partial charge is 0.456 e. The molecule has 24 aromatic rings. The summed E-state index contributed by atoms with van der Waals surface area (Å²) in [4.78, 5) is 44.7. The Hall–Kier alpha value is -17.0. The van der Waals surface area contributed by atoms with Crippen molar-refractivity contribution in [2.75, 3.05) is 0 Å². The Morgan fingerprint density at radius 2 is 0.373 bits per heavy atom. The van der Waals surface area contributed by atoms with Crippen LogP contribution in [0.5, 0.6) is 0 Å². The molecule has 0 N–H and O–H groups in total. The lowest BCUT2D eigenvalue weighted by Crippen LogP contribution is -2.43. The van der Waals surface area contributed by atoms with Gasteiger partial charge in [-0.1, -0.05) is 368 Å². The van der Waals surface area contributed by atoms with Crippen LogP contribution < -0.4 is 0 Å². The summed E-state index contributed by atoms with van der Waals surface area (Å²) < 4.78 is 25.7. The first kappa shape index (κ1) is 86.5. The van der Waals surface area contributed by atoms with Crippen molar-refractivity contribution in [3.63, 3.8) is 0 Å². The van der Waals surface area contributed by atoms with Gasteiger partial charge in [0.25, 0.3) is 0 Å². The summed E-state index contributed by atoms with van der Waals surface area (Å²) >= 11 is 0. The molecular formula is C129H99N9O4. The lowest BCUT2D eigenvalue weighted by Gasteiger charge is -2.48. The lowest BCUT2D eigenvalue weighted by molar-refractivity contribution is 0.299. The number of rotatable bonds is 10. The Kier molecular flexibility index (Phi) is 20.0. The maximum Gasteiger partial charge on any atom is 0.164 e. The molecule has 0 radical (unpaired) electrons. The van der Waals surface area contributed by atoms with Crippen molar-refractivity contribution in [3.05, 3.63) is 416 Å². The van der Waals surface area contributed by atoms with Crippen LogP contribution in [0.3, 0.4) is 0 Å². The summed E-state index contributed by atoms with van der Waals surface area (Å²) in [5, 5.41) is 8.61. The zero-order valence-corrected chi connectivity index (χ0v) is 81.0. The number of benzene rings is 17. The van der Waals surface area contributed by atoms with Gasteiger partial charge in [-0.2, -0.15) is 0 Å². The molecule has 7 aromatic heterocycles. The van der Waals surface area contributed by atoms with Gasteiger partial charge in [0, 0.05) is 93.2 Å². The van der Waals surface area contributed by atoms with E-state index in [0.717, 1.165) is 149 Å². The Balaban J connectivity index is 0.000000112. The van der Waals surface area contributed by atoms with E-state index in [4.69, 9.17) is 62.5 Å². The number of hydrogen-bond donors (Lipinski definition) is 0.